The van der Waals surface area contributed by atoms with Crippen molar-refractivity contribution in [3.05, 3.63) is 0 Å². The van der Waals surface area contributed by atoms with Gasteiger partial charge in [-0.3, -0.25) is 0 Å². The standard InChI is InChI=1S/C9H22N2O2/c1-11(2)8-9(13)7-10-5-3-4-6-12/h9-10,12-13H,3-8H2,1-2H3. The SMILES string of the molecule is CN(C)CC(O)CNCCCCO. The minimum atomic E-state index is -0.302. The molecule has 1 unspecified atom stereocenters. The molecule has 0 aromatic carbocycles. The number of aliphatic hydroxyl groups excluding tert-OH is 2. The van der Waals surface area contributed by atoms with Gasteiger partial charge >= 0.3 is 0 Å². The zero-order chi connectivity index (χ0) is 10.1. The molecule has 0 saturated carbocycles. The molecule has 0 amide bonds. The van der Waals surface area contributed by atoms with E-state index in [2.05, 4.69) is 5.32 Å². The number of unbranched alkanes of at least 4 members (excludes halogenated alkanes) is 1. The van der Waals surface area contributed by atoms with Gasteiger partial charge in [0, 0.05) is 19.7 Å². The van der Waals surface area contributed by atoms with Crippen LogP contribution in [0.1, 0.15) is 12.8 Å². The third-order valence-corrected chi connectivity index (χ3v) is 1.72. The lowest BCUT2D eigenvalue weighted by Crippen LogP contribution is -2.35. The molecule has 80 valence electrons. The molecule has 0 heterocycles. The van der Waals surface area contributed by atoms with Crippen molar-refractivity contribution in [3.8, 4) is 0 Å². The van der Waals surface area contributed by atoms with Gasteiger partial charge in [0.2, 0.25) is 0 Å². The van der Waals surface area contributed by atoms with Gasteiger partial charge in [-0.15, -0.1) is 0 Å². The maximum atomic E-state index is 9.42. The van der Waals surface area contributed by atoms with Crippen LogP contribution in [0.3, 0.4) is 0 Å². The number of nitrogens with zero attached hydrogens (tertiary/aromatic N) is 1. The van der Waals surface area contributed by atoms with Gasteiger partial charge in [-0.05, 0) is 33.5 Å². The van der Waals surface area contributed by atoms with Crippen molar-refractivity contribution < 1.29 is 10.2 Å². The van der Waals surface area contributed by atoms with Gasteiger partial charge in [0.05, 0.1) is 6.10 Å². The minimum absolute atomic E-state index is 0.252. The van der Waals surface area contributed by atoms with Crippen LogP contribution in [0.25, 0.3) is 0 Å². The Kier molecular flexibility index (Phi) is 8.33. The summed E-state index contributed by atoms with van der Waals surface area (Å²) in [6, 6.07) is 0. The largest absolute Gasteiger partial charge is 0.396 e. The monoisotopic (exact) mass is 190 g/mol. The first-order chi connectivity index (χ1) is 6.16. The highest BCUT2D eigenvalue weighted by Gasteiger charge is 2.03. The zero-order valence-corrected chi connectivity index (χ0v) is 8.66. The molecule has 0 aromatic rings. The summed E-state index contributed by atoms with van der Waals surface area (Å²) >= 11 is 0. The minimum Gasteiger partial charge on any atom is -0.396 e. The molecule has 13 heavy (non-hydrogen) atoms. The van der Waals surface area contributed by atoms with E-state index in [-0.39, 0.29) is 12.7 Å². The van der Waals surface area contributed by atoms with E-state index < -0.39 is 0 Å². The van der Waals surface area contributed by atoms with Crippen LogP contribution in [0.5, 0.6) is 0 Å². The first kappa shape index (κ1) is 12.8. The van der Waals surface area contributed by atoms with E-state index in [4.69, 9.17) is 5.11 Å². The lowest BCUT2D eigenvalue weighted by molar-refractivity contribution is 0.135. The molecule has 0 aliphatic heterocycles. The zero-order valence-electron chi connectivity index (χ0n) is 8.66. The van der Waals surface area contributed by atoms with Crippen LogP contribution < -0.4 is 5.32 Å². The summed E-state index contributed by atoms with van der Waals surface area (Å²) in [4.78, 5) is 1.96. The smallest absolute Gasteiger partial charge is 0.0791 e. The van der Waals surface area contributed by atoms with Crippen LogP contribution in [0.4, 0.5) is 0 Å². The Labute approximate surface area is 80.6 Å². The molecule has 0 spiro atoms. The third kappa shape index (κ3) is 9.76. The van der Waals surface area contributed by atoms with Gasteiger partial charge in [-0.2, -0.15) is 0 Å². The topological polar surface area (TPSA) is 55.7 Å². The summed E-state index contributed by atoms with van der Waals surface area (Å²) in [6.07, 6.45) is 1.49. The Bertz CT molecular complexity index is 110. The summed E-state index contributed by atoms with van der Waals surface area (Å²) in [5.41, 5.74) is 0. The molecule has 3 N–H and O–H groups in total. The van der Waals surface area contributed by atoms with Crippen LogP contribution in [0.15, 0.2) is 0 Å². The lowest BCUT2D eigenvalue weighted by Gasteiger charge is -2.16. The van der Waals surface area contributed by atoms with Crippen LogP contribution >= 0.6 is 0 Å². The first-order valence-corrected chi connectivity index (χ1v) is 4.81. The Hall–Kier alpha value is -0.160. The van der Waals surface area contributed by atoms with Gasteiger partial charge < -0.3 is 20.4 Å². The predicted molar refractivity (Wildman–Crippen MR) is 53.8 cm³/mol. The molecular formula is C9H22N2O2. The molecule has 0 rings (SSSR count). The number of aliphatic hydroxyl groups is 2. The quantitative estimate of drug-likeness (QED) is 0.442. The molecule has 4 heteroatoms. The fourth-order valence-corrected chi connectivity index (χ4v) is 1.12. The Morgan fingerprint density at radius 1 is 1.31 bits per heavy atom. The molecule has 1 atom stereocenters. The van der Waals surface area contributed by atoms with Crippen molar-refractivity contribution in [2.45, 2.75) is 18.9 Å². The Balaban J connectivity index is 3.12. The average molecular weight is 190 g/mol. The summed E-state index contributed by atoms with van der Waals surface area (Å²) in [5.74, 6) is 0. The highest BCUT2D eigenvalue weighted by atomic mass is 16.3. The Morgan fingerprint density at radius 3 is 2.54 bits per heavy atom. The molecule has 0 radical (unpaired) electrons. The van der Waals surface area contributed by atoms with E-state index in [0.29, 0.717) is 13.1 Å². The summed E-state index contributed by atoms with van der Waals surface area (Å²) in [7, 11) is 3.88. The van der Waals surface area contributed by atoms with Crippen LogP contribution in [0.2, 0.25) is 0 Å². The van der Waals surface area contributed by atoms with Crippen molar-refractivity contribution in [1.82, 2.24) is 10.2 Å². The maximum Gasteiger partial charge on any atom is 0.0791 e. The molecule has 0 aromatic heterocycles. The predicted octanol–water partition coefficient (Wildman–Crippen LogP) is -0.729. The van der Waals surface area contributed by atoms with Crippen LogP contribution in [-0.2, 0) is 0 Å². The first-order valence-electron chi connectivity index (χ1n) is 4.81. The van der Waals surface area contributed by atoms with E-state index in [1.807, 2.05) is 19.0 Å². The van der Waals surface area contributed by atoms with E-state index in [1.165, 1.54) is 0 Å². The average Bonchev–Trinajstić information content (AvgIpc) is 2.02. The molecule has 0 fully saturated rings. The number of nitrogens with one attached hydrogen (secondary N) is 1. The Morgan fingerprint density at radius 2 is 2.00 bits per heavy atom. The van der Waals surface area contributed by atoms with Crippen molar-refractivity contribution in [3.63, 3.8) is 0 Å². The number of hydrogen-bond acceptors (Lipinski definition) is 4. The third-order valence-electron chi connectivity index (χ3n) is 1.72. The van der Waals surface area contributed by atoms with E-state index >= 15 is 0 Å². The second kappa shape index (κ2) is 8.44. The van der Waals surface area contributed by atoms with E-state index in [9.17, 15) is 5.11 Å². The number of rotatable bonds is 8. The maximum absolute atomic E-state index is 9.42. The van der Waals surface area contributed by atoms with Gasteiger partial charge in [0.25, 0.3) is 0 Å². The molecule has 0 saturated heterocycles. The highest BCUT2D eigenvalue weighted by Crippen LogP contribution is 1.86. The summed E-state index contributed by atoms with van der Waals surface area (Å²) in [6.45, 7) is 2.43. The normalized spacial score (nSPS) is 13.6. The lowest BCUT2D eigenvalue weighted by atomic mass is 10.3. The second-order valence-corrected chi connectivity index (χ2v) is 3.55. The van der Waals surface area contributed by atoms with E-state index in [1.54, 1.807) is 0 Å². The van der Waals surface area contributed by atoms with Crippen LogP contribution in [0, 0.1) is 0 Å². The van der Waals surface area contributed by atoms with Gasteiger partial charge in [0.1, 0.15) is 0 Å². The molecule has 0 aliphatic rings. The molecule has 4 nitrogen and oxygen atoms in total. The van der Waals surface area contributed by atoms with Crippen molar-refractivity contribution in [1.29, 1.82) is 0 Å². The highest BCUT2D eigenvalue weighted by molar-refractivity contribution is 4.61. The van der Waals surface area contributed by atoms with Crippen molar-refractivity contribution >= 4 is 0 Å². The van der Waals surface area contributed by atoms with Crippen LogP contribution in [-0.4, -0.2) is 61.6 Å². The summed E-state index contributed by atoms with van der Waals surface area (Å²) in [5, 5.41) is 21.1. The summed E-state index contributed by atoms with van der Waals surface area (Å²) < 4.78 is 0. The van der Waals surface area contributed by atoms with E-state index in [0.717, 1.165) is 19.4 Å². The molecule has 0 aliphatic carbocycles. The fourth-order valence-electron chi connectivity index (χ4n) is 1.12. The van der Waals surface area contributed by atoms with Gasteiger partial charge in [-0.1, -0.05) is 0 Å². The van der Waals surface area contributed by atoms with Gasteiger partial charge in [0.15, 0.2) is 0 Å². The van der Waals surface area contributed by atoms with Crippen molar-refractivity contribution in [2.24, 2.45) is 0 Å². The fraction of sp³-hybridized carbons (Fsp3) is 1.00. The molecular weight excluding hydrogens is 168 g/mol. The number of hydrogen-bond donors (Lipinski definition) is 3. The number of likely N-dealkylation sites (N-methyl/N-ethyl adjacent to an activating group) is 1. The second-order valence-electron chi connectivity index (χ2n) is 3.55. The van der Waals surface area contributed by atoms with Crippen molar-refractivity contribution in [2.75, 3.05) is 40.3 Å². The molecule has 0 bridgehead atoms. The van der Waals surface area contributed by atoms with Gasteiger partial charge in [-0.25, -0.2) is 0 Å².